The molecule has 1 saturated heterocycles. The standard InChI is InChI=1S/C15H20N4O3/c1-18-14(21)7-12(15(18)13-5-6-17-19(13)2)16-8-10-3-4-11(9-20)22-10/h3-6,12,15-16,20H,7-9H2,1-2H3/t12-,15-/m1/s1. The SMILES string of the molecule is CN1C(=O)C[C@@H](NCc2ccc(CO)o2)[C@@H]1c1ccnn1C. The van der Waals surface area contributed by atoms with Crippen molar-refractivity contribution >= 4 is 5.91 Å². The van der Waals surface area contributed by atoms with Crippen molar-refractivity contribution in [3.63, 3.8) is 0 Å². The van der Waals surface area contributed by atoms with Crippen molar-refractivity contribution in [2.24, 2.45) is 7.05 Å². The predicted molar refractivity (Wildman–Crippen MR) is 78.6 cm³/mol. The fourth-order valence-electron chi connectivity index (χ4n) is 2.97. The molecular formula is C15H20N4O3. The van der Waals surface area contributed by atoms with E-state index in [1.807, 2.05) is 26.2 Å². The van der Waals surface area contributed by atoms with Crippen molar-refractivity contribution in [1.82, 2.24) is 20.0 Å². The molecule has 7 heteroatoms. The minimum atomic E-state index is -0.109. The summed E-state index contributed by atoms with van der Waals surface area (Å²) in [5.41, 5.74) is 1.00. The van der Waals surface area contributed by atoms with Gasteiger partial charge in [0.05, 0.1) is 18.3 Å². The number of hydrogen-bond acceptors (Lipinski definition) is 5. The van der Waals surface area contributed by atoms with E-state index in [1.165, 1.54) is 0 Å². The third-order valence-corrected chi connectivity index (χ3v) is 4.16. The summed E-state index contributed by atoms with van der Waals surface area (Å²) in [4.78, 5) is 13.8. The number of nitrogens with zero attached hydrogens (tertiary/aromatic N) is 3. The minimum Gasteiger partial charge on any atom is -0.462 e. The minimum absolute atomic E-state index is 0.00410. The molecule has 0 radical (unpaired) electrons. The topological polar surface area (TPSA) is 83.5 Å². The van der Waals surface area contributed by atoms with Crippen LogP contribution in [0.4, 0.5) is 0 Å². The largest absolute Gasteiger partial charge is 0.462 e. The van der Waals surface area contributed by atoms with Crippen molar-refractivity contribution in [3.05, 3.63) is 41.6 Å². The van der Waals surface area contributed by atoms with Gasteiger partial charge in [-0.25, -0.2) is 0 Å². The van der Waals surface area contributed by atoms with Crippen LogP contribution < -0.4 is 5.32 Å². The third kappa shape index (κ3) is 2.65. The zero-order chi connectivity index (χ0) is 15.7. The van der Waals surface area contributed by atoms with Gasteiger partial charge in [-0.1, -0.05) is 0 Å². The second-order valence-electron chi connectivity index (χ2n) is 5.55. The van der Waals surface area contributed by atoms with Gasteiger partial charge in [0.1, 0.15) is 18.1 Å². The monoisotopic (exact) mass is 304 g/mol. The van der Waals surface area contributed by atoms with Crippen LogP contribution in [0.25, 0.3) is 0 Å². The Morgan fingerprint density at radius 3 is 2.77 bits per heavy atom. The van der Waals surface area contributed by atoms with Crippen LogP contribution in [0, 0.1) is 0 Å². The molecule has 118 valence electrons. The molecule has 2 aromatic heterocycles. The lowest BCUT2D eigenvalue weighted by Gasteiger charge is -2.25. The molecule has 0 aromatic carbocycles. The van der Waals surface area contributed by atoms with Crippen molar-refractivity contribution in [2.45, 2.75) is 31.7 Å². The average molecular weight is 304 g/mol. The van der Waals surface area contributed by atoms with E-state index in [0.29, 0.717) is 18.7 Å². The Morgan fingerprint density at radius 1 is 1.36 bits per heavy atom. The number of amides is 1. The van der Waals surface area contributed by atoms with E-state index in [1.54, 1.807) is 21.8 Å². The summed E-state index contributed by atoms with van der Waals surface area (Å²) < 4.78 is 7.26. The van der Waals surface area contributed by atoms with E-state index in [4.69, 9.17) is 9.52 Å². The van der Waals surface area contributed by atoms with Crippen LogP contribution in [-0.2, 0) is 25.0 Å². The van der Waals surface area contributed by atoms with Gasteiger partial charge in [-0.2, -0.15) is 5.10 Å². The second kappa shape index (κ2) is 5.94. The molecular weight excluding hydrogens is 284 g/mol. The third-order valence-electron chi connectivity index (χ3n) is 4.16. The Balaban J connectivity index is 1.73. The van der Waals surface area contributed by atoms with E-state index >= 15 is 0 Å². The molecule has 0 bridgehead atoms. The summed E-state index contributed by atoms with van der Waals surface area (Å²) in [5.74, 6) is 1.40. The lowest BCUT2D eigenvalue weighted by molar-refractivity contribution is -0.127. The number of carbonyl (C=O) groups is 1. The number of furan rings is 1. The highest BCUT2D eigenvalue weighted by Gasteiger charge is 2.39. The smallest absolute Gasteiger partial charge is 0.224 e. The van der Waals surface area contributed by atoms with Crippen LogP contribution in [0.2, 0.25) is 0 Å². The molecule has 1 amide bonds. The van der Waals surface area contributed by atoms with Crippen LogP contribution in [0.1, 0.15) is 29.7 Å². The highest BCUT2D eigenvalue weighted by Crippen LogP contribution is 2.31. The van der Waals surface area contributed by atoms with Crippen molar-refractivity contribution in [1.29, 1.82) is 0 Å². The predicted octanol–water partition coefficient (Wildman–Crippen LogP) is 0.567. The first kappa shape index (κ1) is 14.8. The van der Waals surface area contributed by atoms with Crippen LogP contribution in [-0.4, -0.2) is 38.8 Å². The van der Waals surface area contributed by atoms with E-state index < -0.39 is 0 Å². The molecule has 22 heavy (non-hydrogen) atoms. The quantitative estimate of drug-likeness (QED) is 0.843. The molecule has 0 unspecified atom stereocenters. The summed E-state index contributed by atoms with van der Waals surface area (Å²) in [6.07, 6.45) is 2.18. The average Bonchev–Trinajstić information content (AvgIpc) is 3.19. The van der Waals surface area contributed by atoms with E-state index in [2.05, 4.69) is 10.4 Å². The van der Waals surface area contributed by atoms with Crippen LogP contribution in [0.5, 0.6) is 0 Å². The Morgan fingerprint density at radius 2 is 2.14 bits per heavy atom. The maximum Gasteiger partial charge on any atom is 0.224 e. The van der Waals surface area contributed by atoms with Gasteiger partial charge in [-0.05, 0) is 18.2 Å². The van der Waals surface area contributed by atoms with Gasteiger partial charge in [-0.15, -0.1) is 0 Å². The van der Waals surface area contributed by atoms with Gasteiger partial charge in [0.25, 0.3) is 0 Å². The number of aliphatic hydroxyl groups is 1. The highest BCUT2D eigenvalue weighted by atomic mass is 16.4. The van der Waals surface area contributed by atoms with Crippen molar-refractivity contribution in [2.75, 3.05) is 7.05 Å². The molecule has 3 heterocycles. The maximum absolute atomic E-state index is 12.1. The van der Waals surface area contributed by atoms with Gasteiger partial charge < -0.3 is 19.7 Å². The molecule has 2 atom stereocenters. The van der Waals surface area contributed by atoms with Crippen molar-refractivity contribution < 1.29 is 14.3 Å². The number of likely N-dealkylation sites (tertiary alicyclic amines) is 1. The van der Waals surface area contributed by atoms with E-state index in [-0.39, 0.29) is 24.6 Å². The lowest BCUT2D eigenvalue weighted by atomic mass is 10.1. The van der Waals surface area contributed by atoms with E-state index in [0.717, 1.165) is 11.5 Å². The van der Waals surface area contributed by atoms with Gasteiger partial charge in [0.15, 0.2) is 0 Å². The first-order valence-electron chi connectivity index (χ1n) is 7.25. The molecule has 0 saturated carbocycles. The Bertz CT molecular complexity index is 663. The van der Waals surface area contributed by atoms with Gasteiger partial charge in [-0.3, -0.25) is 9.48 Å². The lowest BCUT2D eigenvalue weighted by Crippen LogP contribution is -2.35. The molecule has 2 aromatic rings. The van der Waals surface area contributed by atoms with Crippen LogP contribution in [0.3, 0.4) is 0 Å². The summed E-state index contributed by atoms with van der Waals surface area (Å²) in [6, 6.07) is 5.47. The number of carbonyl (C=O) groups excluding carboxylic acids is 1. The fraction of sp³-hybridized carbons (Fsp3) is 0.467. The van der Waals surface area contributed by atoms with E-state index in [9.17, 15) is 4.79 Å². The van der Waals surface area contributed by atoms with Crippen LogP contribution in [0.15, 0.2) is 28.8 Å². The number of aliphatic hydroxyl groups excluding tert-OH is 1. The number of rotatable bonds is 5. The first-order chi connectivity index (χ1) is 10.6. The first-order valence-corrected chi connectivity index (χ1v) is 7.25. The Hall–Kier alpha value is -2.12. The Labute approximate surface area is 128 Å². The van der Waals surface area contributed by atoms with Crippen molar-refractivity contribution in [3.8, 4) is 0 Å². The number of aryl methyl sites for hydroxylation is 1. The number of hydrogen-bond donors (Lipinski definition) is 2. The maximum atomic E-state index is 12.1. The van der Waals surface area contributed by atoms with Gasteiger partial charge in [0, 0.05) is 32.8 Å². The van der Waals surface area contributed by atoms with Crippen LogP contribution >= 0.6 is 0 Å². The molecule has 1 fully saturated rings. The zero-order valence-corrected chi connectivity index (χ0v) is 12.7. The fourth-order valence-corrected chi connectivity index (χ4v) is 2.97. The Kier molecular flexibility index (Phi) is 4.00. The summed E-state index contributed by atoms with van der Waals surface area (Å²) in [7, 11) is 3.70. The summed E-state index contributed by atoms with van der Waals surface area (Å²) in [6.45, 7) is 0.405. The highest BCUT2D eigenvalue weighted by molar-refractivity contribution is 5.80. The molecule has 0 aliphatic carbocycles. The van der Waals surface area contributed by atoms with Gasteiger partial charge >= 0.3 is 0 Å². The zero-order valence-electron chi connectivity index (χ0n) is 12.7. The molecule has 2 N–H and O–H groups in total. The second-order valence-corrected chi connectivity index (χ2v) is 5.55. The summed E-state index contributed by atoms with van der Waals surface area (Å²) in [5, 5.41) is 16.6. The molecule has 0 spiro atoms. The normalized spacial score (nSPS) is 21.8. The molecule has 3 rings (SSSR count). The molecule has 7 nitrogen and oxygen atoms in total. The number of likely N-dealkylation sites (N-methyl/N-ethyl adjacent to an activating group) is 1. The van der Waals surface area contributed by atoms with Gasteiger partial charge in [0.2, 0.25) is 5.91 Å². The molecule has 1 aliphatic heterocycles. The number of nitrogens with one attached hydrogen (secondary N) is 1. The number of aromatic nitrogens is 2. The summed E-state index contributed by atoms with van der Waals surface area (Å²) >= 11 is 0. The molecule has 1 aliphatic rings.